The Morgan fingerprint density at radius 1 is 1.38 bits per heavy atom. The molecule has 0 atom stereocenters. The minimum atomic E-state index is -0.0742. The Labute approximate surface area is 136 Å². The Hall–Kier alpha value is -1.33. The summed E-state index contributed by atoms with van der Waals surface area (Å²) in [6.07, 6.45) is 0.523. The fraction of sp³-hybridized carbons (Fsp3) is 0.467. The highest BCUT2D eigenvalue weighted by Crippen LogP contribution is 2.15. The first-order valence-electron chi connectivity index (χ1n) is 6.83. The van der Waals surface area contributed by atoms with E-state index in [0.29, 0.717) is 41.2 Å². The molecule has 21 heavy (non-hydrogen) atoms. The topological polar surface area (TPSA) is 55.6 Å². The summed E-state index contributed by atoms with van der Waals surface area (Å²) in [5, 5.41) is 0.631. The second-order valence-corrected chi connectivity index (χ2v) is 6.15. The van der Waals surface area contributed by atoms with E-state index >= 15 is 0 Å². The summed E-state index contributed by atoms with van der Waals surface area (Å²) in [6.45, 7) is 5.29. The predicted molar refractivity (Wildman–Crippen MR) is 89.8 cm³/mol. The van der Waals surface area contributed by atoms with Crippen molar-refractivity contribution in [3.8, 4) is 5.75 Å². The van der Waals surface area contributed by atoms with Crippen LogP contribution in [0.4, 0.5) is 0 Å². The van der Waals surface area contributed by atoms with Crippen molar-refractivity contribution in [3.05, 3.63) is 29.3 Å². The largest absolute Gasteiger partial charge is 0.484 e. The van der Waals surface area contributed by atoms with Gasteiger partial charge < -0.3 is 15.4 Å². The maximum Gasteiger partial charge on any atom is 0.260 e. The van der Waals surface area contributed by atoms with Gasteiger partial charge in [-0.05, 0) is 30.2 Å². The minimum absolute atomic E-state index is 0.00825. The average Bonchev–Trinajstić information content (AvgIpc) is 2.42. The van der Waals surface area contributed by atoms with Gasteiger partial charge in [-0.15, -0.1) is 0 Å². The number of amides is 1. The molecule has 0 aromatic heterocycles. The van der Waals surface area contributed by atoms with Crippen LogP contribution in [0.1, 0.15) is 20.3 Å². The van der Waals surface area contributed by atoms with E-state index in [0.717, 1.165) is 0 Å². The molecule has 4 nitrogen and oxygen atoms in total. The van der Waals surface area contributed by atoms with Crippen LogP contribution in [-0.2, 0) is 4.79 Å². The maximum absolute atomic E-state index is 12.2. The number of carbonyl (C=O) groups excluding carboxylic acids is 1. The normalized spacial score (nSPS) is 10.5. The molecule has 0 saturated carbocycles. The first kappa shape index (κ1) is 17.7. The van der Waals surface area contributed by atoms with Crippen LogP contribution in [0.2, 0.25) is 5.02 Å². The van der Waals surface area contributed by atoms with E-state index in [1.54, 1.807) is 29.2 Å². The predicted octanol–water partition coefficient (Wildman–Crippen LogP) is 2.88. The molecular weight excluding hydrogens is 308 g/mol. The molecule has 0 aliphatic carbocycles. The molecule has 0 radical (unpaired) electrons. The van der Waals surface area contributed by atoms with Gasteiger partial charge in [0, 0.05) is 24.5 Å². The third kappa shape index (κ3) is 7.29. The van der Waals surface area contributed by atoms with E-state index in [1.165, 1.54) is 0 Å². The number of ether oxygens (including phenoxy) is 1. The van der Waals surface area contributed by atoms with Gasteiger partial charge >= 0.3 is 0 Å². The molecule has 1 aromatic carbocycles. The van der Waals surface area contributed by atoms with Crippen LogP contribution in [0.5, 0.6) is 5.75 Å². The van der Waals surface area contributed by atoms with Gasteiger partial charge in [-0.1, -0.05) is 37.7 Å². The molecule has 1 rings (SSSR count). The van der Waals surface area contributed by atoms with Gasteiger partial charge in [-0.3, -0.25) is 4.79 Å². The van der Waals surface area contributed by atoms with Crippen LogP contribution in [-0.4, -0.2) is 35.5 Å². The second kappa shape index (κ2) is 8.85. The first-order valence-corrected chi connectivity index (χ1v) is 7.61. The number of nitrogens with zero attached hydrogens (tertiary/aromatic N) is 1. The highest BCUT2D eigenvalue weighted by Gasteiger charge is 2.15. The Morgan fingerprint density at radius 2 is 2.00 bits per heavy atom. The van der Waals surface area contributed by atoms with Crippen molar-refractivity contribution in [1.82, 2.24) is 4.90 Å². The molecule has 0 spiro atoms. The summed E-state index contributed by atoms with van der Waals surface area (Å²) in [4.78, 5) is 14.4. The Bertz CT molecular complexity index is 477. The van der Waals surface area contributed by atoms with Crippen molar-refractivity contribution in [2.45, 2.75) is 20.3 Å². The van der Waals surface area contributed by atoms with Gasteiger partial charge in [0.15, 0.2) is 6.61 Å². The molecule has 0 saturated heterocycles. The molecule has 2 N–H and O–H groups in total. The molecule has 0 fully saturated rings. The molecular formula is C15H21ClN2O2S. The molecule has 6 heteroatoms. The van der Waals surface area contributed by atoms with E-state index in [1.807, 2.05) is 0 Å². The summed E-state index contributed by atoms with van der Waals surface area (Å²) in [5.41, 5.74) is 5.50. The van der Waals surface area contributed by atoms with Crippen LogP contribution >= 0.6 is 23.8 Å². The number of rotatable bonds is 8. The Balaban J connectivity index is 2.54. The van der Waals surface area contributed by atoms with Crippen molar-refractivity contribution in [1.29, 1.82) is 0 Å². The van der Waals surface area contributed by atoms with Gasteiger partial charge in [-0.2, -0.15) is 0 Å². The molecule has 0 aliphatic rings. The second-order valence-electron chi connectivity index (χ2n) is 5.19. The lowest BCUT2D eigenvalue weighted by Gasteiger charge is -2.24. The van der Waals surface area contributed by atoms with Crippen LogP contribution in [0.15, 0.2) is 24.3 Å². The van der Waals surface area contributed by atoms with Crippen molar-refractivity contribution < 1.29 is 9.53 Å². The molecule has 1 aromatic rings. The molecule has 0 aliphatic heterocycles. The third-order valence-electron chi connectivity index (χ3n) is 2.74. The van der Waals surface area contributed by atoms with Crippen LogP contribution in [0.3, 0.4) is 0 Å². The standard InChI is InChI=1S/C15H21ClN2O2S/c1-11(2)9-18(8-7-14(17)21)15(19)10-20-13-5-3-12(16)4-6-13/h3-6,11H,7-10H2,1-2H3,(H2,17,21). The maximum atomic E-state index is 12.2. The number of halogens is 1. The van der Waals surface area contributed by atoms with Crippen molar-refractivity contribution in [2.24, 2.45) is 11.7 Å². The van der Waals surface area contributed by atoms with Crippen molar-refractivity contribution in [2.75, 3.05) is 19.7 Å². The molecule has 0 heterocycles. The summed E-state index contributed by atoms with van der Waals surface area (Å²) in [6, 6.07) is 6.91. The van der Waals surface area contributed by atoms with Gasteiger partial charge in [0.1, 0.15) is 5.75 Å². The smallest absolute Gasteiger partial charge is 0.260 e. The molecule has 0 bridgehead atoms. The quantitative estimate of drug-likeness (QED) is 0.745. The lowest BCUT2D eigenvalue weighted by molar-refractivity contribution is -0.133. The Kier molecular flexibility index (Phi) is 7.47. The first-order chi connectivity index (χ1) is 9.88. The summed E-state index contributed by atoms with van der Waals surface area (Å²) >= 11 is 10.7. The minimum Gasteiger partial charge on any atom is -0.484 e. The summed E-state index contributed by atoms with van der Waals surface area (Å²) in [5.74, 6) is 0.914. The Morgan fingerprint density at radius 3 is 2.52 bits per heavy atom. The number of hydrogen-bond acceptors (Lipinski definition) is 3. The van der Waals surface area contributed by atoms with Crippen LogP contribution in [0.25, 0.3) is 0 Å². The van der Waals surface area contributed by atoms with E-state index in [2.05, 4.69) is 13.8 Å². The third-order valence-corrected chi connectivity index (χ3v) is 3.20. The fourth-order valence-electron chi connectivity index (χ4n) is 1.77. The van der Waals surface area contributed by atoms with Crippen molar-refractivity contribution in [3.63, 3.8) is 0 Å². The average molecular weight is 329 g/mol. The van der Waals surface area contributed by atoms with Gasteiger partial charge in [-0.25, -0.2) is 0 Å². The van der Waals surface area contributed by atoms with E-state index < -0.39 is 0 Å². The number of nitrogens with two attached hydrogens (primary N) is 1. The summed E-state index contributed by atoms with van der Waals surface area (Å²) in [7, 11) is 0. The highest BCUT2D eigenvalue weighted by atomic mass is 35.5. The number of benzene rings is 1. The highest BCUT2D eigenvalue weighted by molar-refractivity contribution is 7.80. The molecule has 1 amide bonds. The van der Waals surface area contributed by atoms with Gasteiger partial charge in [0.2, 0.25) is 0 Å². The lowest BCUT2D eigenvalue weighted by Crippen LogP contribution is -2.39. The van der Waals surface area contributed by atoms with E-state index in [4.69, 9.17) is 34.3 Å². The zero-order valence-corrected chi connectivity index (χ0v) is 13.9. The number of hydrogen-bond donors (Lipinski definition) is 1. The molecule has 116 valence electrons. The summed E-state index contributed by atoms with van der Waals surface area (Å²) < 4.78 is 5.48. The van der Waals surface area contributed by atoms with Gasteiger partial charge in [0.05, 0.1) is 4.99 Å². The van der Waals surface area contributed by atoms with Crippen molar-refractivity contribution >= 4 is 34.7 Å². The van der Waals surface area contributed by atoms with E-state index in [9.17, 15) is 4.79 Å². The fourth-order valence-corrected chi connectivity index (χ4v) is 1.99. The zero-order valence-electron chi connectivity index (χ0n) is 12.3. The zero-order chi connectivity index (χ0) is 15.8. The SMILES string of the molecule is CC(C)CN(CCC(N)=S)C(=O)COc1ccc(Cl)cc1. The van der Waals surface area contributed by atoms with E-state index in [-0.39, 0.29) is 12.5 Å². The van der Waals surface area contributed by atoms with Crippen LogP contribution < -0.4 is 10.5 Å². The monoisotopic (exact) mass is 328 g/mol. The van der Waals surface area contributed by atoms with Crippen LogP contribution in [0, 0.1) is 5.92 Å². The molecule has 0 unspecified atom stereocenters. The number of carbonyl (C=O) groups is 1. The lowest BCUT2D eigenvalue weighted by atomic mass is 10.2. The van der Waals surface area contributed by atoms with Gasteiger partial charge in [0.25, 0.3) is 5.91 Å². The number of thiocarbonyl (C=S) groups is 1.